The number of nitrogens with two attached hydrogens (primary N) is 1. The minimum Gasteiger partial charge on any atom is -0.382 e. The number of aromatic nitrogens is 3. The summed E-state index contributed by atoms with van der Waals surface area (Å²) in [4.78, 5) is 24.7. The SMILES string of the molecule is Cc1ccc(C)c(NC(=O)Cn2nnc(C(=O)Nc3ccc(Br)cc3)c2N)c1. The summed E-state index contributed by atoms with van der Waals surface area (Å²) < 4.78 is 2.09. The fourth-order valence-electron chi connectivity index (χ4n) is 2.52. The predicted octanol–water partition coefficient (Wildman–Crippen LogP) is 3.13. The molecule has 9 heteroatoms. The van der Waals surface area contributed by atoms with Crippen LogP contribution in [0.15, 0.2) is 46.9 Å². The van der Waals surface area contributed by atoms with Gasteiger partial charge in [0.05, 0.1) is 0 Å². The van der Waals surface area contributed by atoms with Crippen LogP contribution >= 0.6 is 15.9 Å². The number of nitrogens with one attached hydrogen (secondary N) is 2. The van der Waals surface area contributed by atoms with E-state index in [2.05, 4.69) is 36.9 Å². The van der Waals surface area contributed by atoms with Gasteiger partial charge in [-0.05, 0) is 55.3 Å². The van der Waals surface area contributed by atoms with E-state index >= 15 is 0 Å². The smallest absolute Gasteiger partial charge is 0.280 e. The number of amides is 2. The summed E-state index contributed by atoms with van der Waals surface area (Å²) in [5.74, 6) is -0.795. The molecule has 0 aliphatic rings. The Morgan fingerprint density at radius 1 is 1.11 bits per heavy atom. The Bertz CT molecular complexity index is 1030. The fraction of sp³-hybridized carbons (Fsp3) is 0.158. The molecule has 0 atom stereocenters. The van der Waals surface area contributed by atoms with Gasteiger partial charge in [0.25, 0.3) is 5.91 Å². The second kappa shape index (κ2) is 8.22. The average molecular weight is 443 g/mol. The van der Waals surface area contributed by atoms with E-state index in [0.717, 1.165) is 21.3 Å². The molecule has 0 unspecified atom stereocenters. The Morgan fingerprint density at radius 3 is 2.54 bits per heavy atom. The van der Waals surface area contributed by atoms with E-state index in [1.807, 2.05) is 32.0 Å². The van der Waals surface area contributed by atoms with Crippen LogP contribution in [0, 0.1) is 13.8 Å². The Kier molecular flexibility index (Phi) is 5.74. The second-order valence-electron chi connectivity index (χ2n) is 6.31. The van der Waals surface area contributed by atoms with Crippen LogP contribution in [0.5, 0.6) is 0 Å². The number of hydrogen-bond acceptors (Lipinski definition) is 5. The van der Waals surface area contributed by atoms with Crippen LogP contribution < -0.4 is 16.4 Å². The molecule has 2 amide bonds. The molecular weight excluding hydrogens is 424 g/mol. The zero-order valence-corrected chi connectivity index (χ0v) is 16.9. The van der Waals surface area contributed by atoms with Crippen molar-refractivity contribution >= 4 is 44.9 Å². The van der Waals surface area contributed by atoms with Crippen molar-refractivity contribution in [2.24, 2.45) is 0 Å². The normalized spacial score (nSPS) is 10.5. The van der Waals surface area contributed by atoms with E-state index in [0.29, 0.717) is 5.69 Å². The van der Waals surface area contributed by atoms with E-state index < -0.39 is 5.91 Å². The Hall–Kier alpha value is -3.20. The third-order valence-corrected chi connectivity index (χ3v) is 4.58. The monoisotopic (exact) mass is 442 g/mol. The Morgan fingerprint density at radius 2 is 1.82 bits per heavy atom. The number of hydrogen-bond donors (Lipinski definition) is 3. The largest absolute Gasteiger partial charge is 0.382 e. The van der Waals surface area contributed by atoms with Gasteiger partial charge in [-0.15, -0.1) is 5.10 Å². The number of nitrogens with zero attached hydrogens (tertiary/aromatic N) is 3. The van der Waals surface area contributed by atoms with Gasteiger partial charge >= 0.3 is 0 Å². The minimum atomic E-state index is -0.499. The lowest BCUT2D eigenvalue weighted by molar-refractivity contribution is -0.116. The number of carbonyl (C=O) groups excluding carboxylic acids is 2. The van der Waals surface area contributed by atoms with Gasteiger partial charge in [-0.1, -0.05) is 33.3 Å². The molecule has 0 saturated carbocycles. The van der Waals surface area contributed by atoms with Gasteiger partial charge < -0.3 is 16.4 Å². The zero-order valence-electron chi connectivity index (χ0n) is 15.4. The highest BCUT2D eigenvalue weighted by Gasteiger charge is 2.19. The van der Waals surface area contributed by atoms with Crippen LogP contribution in [0.3, 0.4) is 0 Å². The summed E-state index contributed by atoms with van der Waals surface area (Å²) in [6.45, 7) is 3.70. The molecule has 2 aromatic carbocycles. The maximum Gasteiger partial charge on any atom is 0.280 e. The van der Waals surface area contributed by atoms with E-state index in [1.165, 1.54) is 4.68 Å². The van der Waals surface area contributed by atoms with Crippen molar-refractivity contribution in [1.82, 2.24) is 15.0 Å². The van der Waals surface area contributed by atoms with E-state index in [4.69, 9.17) is 5.73 Å². The van der Waals surface area contributed by atoms with Gasteiger partial charge in [-0.3, -0.25) is 9.59 Å². The molecule has 8 nitrogen and oxygen atoms in total. The van der Waals surface area contributed by atoms with Crippen LogP contribution in [-0.4, -0.2) is 26.8 Å². The number of carbonyl (C=O) groups is 2. The highest BCUT2D eigenvalue weighted by molar-refractivity contribution is 9.10. The third kappa shape index (κ3) is 4.55. The maximum absolute atomic E-state index is 12.4. The van der Waals surface area contributed by atoms with Crippen molar-refractivity contribution in [3.8, 4) is 0 Å². The van der Waals surface area contributed by atoms with E-state index in [9.17, 15) is 9.59 Å². The van der Waals surface area contributed by atoms with Gasteiger partial charge in [-0.25, -0.2) is 4.68 Å². The van der Waals surface area contributed by atoms with Crippen LogP contribution in [0.1, 0.15) is 21.6 Å². The highest BCUT2D eigenvalue weighted by atomic mass is 79.9. The summed E-state index contributed by atoms with van der Waals surface area (Å²) in [6.07, 6.45) is 0. The first-order valence-electron chi connectivity index (χ1n) is 8.46. The first-order chi connectivity index (χ1) is 13.3. The molecule has 28 heavy (non-hydrogen) atoms. The average Bonchev–Trinajstić information content (AvgIpc) is 3.00. The molecule has 0 radical (unpaired) electrons. The van der Waals surface area contributed by atoms with Gasteiger partial charge in [0.15, 0.2) is 11.5 Å². The quantitative estimate of drug-likeness (QED) is 0.561. The molecule has 0 spiro atoms. The number of nitrogen functional groups attached to an aromatic ring is 1. The molecule has 1 heterocycles. The number of halogens is 1. The molecular formula is C19H19BrN6O2. The standard InChI is InChI=1S/C19H19BrN6O2/c1-11-3-4-12(2)15(9-11)23-16(27)10-26-18(21)17(24-25-26)19(28)22-14-7-5-13(20)6-8-14/h3-9H,10,21H2,1-2H3,(H,22,28)(H,23,27). The van der Waals surface area contributed by atoms with Crippen molar-refractivity contribution in [2.45, 2.75) is 20.4 Å². The van der Waals surface area contributed by atoms with Gasteiger partial charge in [0, 0.05) is 15.8 Å². The molecule has 0 fully saturated rings. The molecule has 3 rings (SSSR count). The summed E-state index contributed by atoms with van der Waals surface area (Å²) in [7, 11) is 0. The predicted molar refractivity (Wildman–Crippen MR) is 111 cm³/mol. The van der Waals surface area contributed by atoms with Crippen LogP contribution in [0.4, 0.5) is 17.2 Å². The van der Waals surface area contributed by atoms with E-state index in [-0.39, 0.29) is 24.0 Å². The number of benzene rings is 2. The van der Waals surface area contributed by atoms with Crippen LogP contribution in [0.2, 0.25) is 0 Å². The molecule has 1 aromatic heterocycles. The molecule has 0 aliphatic carbocycles. The van der Waals surface area contributed by atoms with Crippen molar-refractivity contribution in [1.29, 1.82) is 0 Å². The van der Waals surface area contributed by atoms with E-state index in [1.54, 1.807) is 24.3 Å². The lowest BCUT2D eigenvalue weighted by atomic mass is 10.1. The zero-order chi connectivity index (χ0) is 20.3. The summed E-state index contributed by atoms with van der Waals surface area (Å²) in [5, 5.41) is 13.1. The Balaban J connectivity index is 1.68. The molecule has 0 saturated heterocycles. The van der Waals surface area contributed by atoms with Crippen molar-refractivity contribution in [2.75, 3.05) is 16.4 Å². The van der Waals surface area contributed by atoms with Crippen molar-refractivity contribution < 1.29 is 9.59 Å². The fourth-order valence-corrected chi connectivity index (χ4v) is 2.78. The minimum absolute atomic E-state index is 0.0192. The van der Waals surface area contributed by atoms with Gasteiger partial charge in [0.1, 0.15) is 6.54 Å². The first-order valence-corrected chi connectivity index (χ1v) is 9.26. The number of anilines is 3. The van der Waals surface area contributed by atoms with Crippen LogP contribution in [0.25, 0.3) is 0 Å². The molecule has 4 N–H and O–H groups in total. The van der Waals surface area contributed by atoms with Crippen molar-refractivity contribution in [3.05, 3.63) is 63.8 Å². The first kappa shape index (κ1) is 19.6. The second-order valence-corrected chi connectivity index (χ2v) is 7.22. The molecule has 3 aromatic rings. The summed E-state index contributed by atoms with van der Waals surface area (Å²) in [6, 6.07) is 12.9. The Labute approximate surface area is 170 Å². The maximum atomic E-state index is 12.4. The summed E-state index contributed by atoms with van der Waals surface area (Å²) >= 11 is 3.33. The summed E-state index contributed by atoms with van der Waals surface area (Å²) in [5.41, 5.74) is 9.22. The van der Waals surface area contributed by atoms with Gasteiger partial charge in [0.2, 0.25) is 5.91 Å². The topological polar surface area (TPSA) is 115 Å². The lowest BCUT2D eigenvalue weighted by Crippen LogP contribution is -2.22. The molecule has 0 aliphatic heterocycles. The third-order valence-electron chi connectivity index (χ3n) is 4.05. The molecule has 144 valence electrons. The lowest BCUT2D eigenvalue weighted by Gasteiger charge is -2.10. The number of aryl methyl sites for hydroxylation is 2. The van der Waals surface area contributed by atoms with Gasteiger partial charge in [-0.2, -0.15) is 0 Å². The number of rotatable bonds is 5. The van der Waals surface area contributed by atoms with Crippen molar-refractivity contribution in [3.63, 3.8) is 0 Å². The van der Waals surface area contributed by atoms with Crippen LogP contribution in [-0.2, 0) is 11.3 Å². The highest BCUT2D eigenvalue weighted by Crippen LogP contribution is 2.18. The molecule has 0 bridgehead atoms.